The number of amides is 1. The van der Waals surface area contributed by atoms with Crippen molar-refractivity contribution in [1.82, 2.24) is 15.5 Å². The Balaban J connectivity index is 1.65. The molecule has 0 spiro atoms. The summed E-state index contributed by atoms with van der Waals surface area (Å²) in [6.45, 7) is 0.410. The Morgan fingerprint density at radius 3 is 2.52 bits per heavy atom. The molecule has 3 rings (SSSR count). The Morgan fingerprint density at radius 1 is 1.04 bits per heavy atom. The van der Waals surface area contributed by atoms with E-state index in [-0.39, 0.29) is 5.91 Å². The van der Waals surface area contributed by atoms with Crippen LogP contribution >= 0.6 is 0 Å². The molecule has 1 heterocycles. The molecule has 0 unspecified atom stereocenters. The van der Waals surface area contributed by atoms with Crippen molar-refractivity contribution in [3.8, 4) is 22.8 Å². The molecule has 0 aliphatic carbocycles. The van der Waals surface area contributed by atoms with Gasteiger partial charge in [-0.15, -0.1) is 0 Å². The maximum atomic E-state index is 12.3. The lowest BCUT2D eigenvalue weighted by Crippen LogP contribution is -2.23. The van der Waals surface area contributed by atoms with Crippen molar-refractivity contribution in [2.24, 2.45) is 0 Å². The van der Waals surface area contributed by atoms with Crippen LogP contribution < -0.4 is 14.8 Å². The number of ether oxygens (including phenoxy) is 2. The van der Waals surface area contributed by atoms with Gasteiger partial charge >= 0.3 is 0 Å². The van der Waals surface area contributed by atoms with E-state index in [1.165, 1.54) is 0 Å². The zero-order valence-electron chi connectivity index (χ0n) is 14.1. The fourth-order valence-corrected chi connectivity index (χ4v) is 2.41. The number of carbonyl (C=O) groups excluding carboxylic acids is 1. The molecule has 3 aromatic rings. The van der Waals surface area contributed by atoms with Crippen LogP contribution in [0, 0.1) is 0 Å². The summed E-state index contributed by atoms with van der Waals surface area (Å²) in [5.74, 6) is 1.32. The van der Waals surface area contributed by atoms with E-state index < -0.39 is 0 Å². The first-order valence-corrected chi connectivity index (χ1v) is 7.80. The molecule has 0 bridgehead atoms. The summed E-state index contributed by atoms with van der Waals surface area (Å²) in [6, 6.07) is 16.8. The van der Waals surface area contributed by atoms with E-state index in [1.807, 2.05) is 48.5 Å². The third-order valence-corrected chi connectivity index (χ3v) is 3.80. The summed E-state index contributed by atoms with van der Waals surface area (Å²) in [4.78, 5) is 12.3. The van der Waals surface area contributed by atoms with Gasteiger partial charge in [-0.05, 0) is 48.0 Å². The van der Waals surface area contributed by atoms with Gasteiger partial charge in [-0.3, -0.25) is 9.89 Å². The van der Waals surface area contributed by atoms with Crippen molar-refractivity contribution in [3.05, 3.63) is 65.9 Å². The molecule has 25 heavy (non-hydrogen) atoms. The average molecular weight is 337 g/mol. The fraction of sp³-hybridized carbons (Fsp3) is 0.158. The van der Waals surface area contributed by atoms with Crippen LogP contribution in [0.15, 0.2) is 54.6 Å². The molecule has 0 aliphatic rings. The second-order valence-corrected chi connectivity index (χ2v) is 5.43. The molecule has 2 aromatic carbocycles. The van der Waals surface area contributed by atoms with E-state index in [4.69, 9.17) is 9.47 Å². The number of aromatic amines is 1. The SMILES string of the molecule is COc1ccc(-c2cc(C(=O)NCc3cccc(OC)c3)[nH]n2)cc1. The fourth-order valence-electron chi connectivity index (χ4n) is 2.41. The van der Waals surface area contributed by atoms with Crippen LogP contribution in [0.5, 0.6) is 11.5 Å². The second kappa shape index (κ2) is 7.53. The summed E-state index contributed by atoms with van der Waals surface area (Å²) in [5.41, 5.74) is 2.98. The monoisotopic (exact) mass is 337 g/mol. The van der Waals surface area contributed by atoms with Crippen LogP contribution in [0.2, 0.25) is 0 Å². The Morgan fingerprint density at radius 2 is 1.80 bits per heavy atom. The minimum Gasteiger partial charge on any atom is -0.497 e. The van der Waals surface area contributed by atoms with Gasteiger partial charge in [-0.1, -0.05) is 12.1 Å². The summed E-state index contributed by atoms with van der Waals surface area (Å²) >= 11 is 0. The van der Waals surface area contributed by atoms with Gasteiger partial charge in [-0.2, -0.15) is 5.10 Å². The van der Waals surface area contributed by atoms with Crippen molar-refractivity contribution in [3.63, 3.8) is 0 Å². The molecule has 1 aromatic heterocycles. The van der Waals surface area contributed by atoms with Crippen molar-refractivity contribution in [2.45, 2.75) is 6.54 Å². The van der Waals surface area contributed by atoms with E-state index in [1.54, 1.807) is 20.3 Å². The highest BCUT2D eigenvalue weighted by Crippen LogP contribution is 2.21. The Labute approximate surface area is 145 Å². The highest BCUT2D eigenvalue weighted by Gasteiger charge is 2.11. The number of carbonyl (C=O) groups is 1. The number of rotatable bonds is 6. The topological polar surface area (TPSA) is 76.2 Å². The van der Waals surface area contributed by atoms with E-state index >= 15 is 0 Å². The highest BCUT2D eigenvalue weighted by molar-refractivity contribution is 5.93. The number of aromatic nitrogens is 2. The lowest BCUT2D eigenvalue weighted by molar-refractivity contribution is 0.0946. The van der Waals surface area contributed by atoms with Crippen LogP contribution in [-0.4, -0.2) is 30.3 Å². The number of nitrogens with one attached hydrogen (secondary N) is 2. The minimum atomic E-state index is -0.213. The number of hydrogen-bond donors (Lipinski definition) is 2. The van der Waals surface area contributed by atoms with Crippen molar-refractivity contribution >= 4 is 5.91 Å². The molecule has 6 heteroatoms. The minimum absolute atomic E-state index is 0.213. The lowest BCUT2D eigenvalue weighted by atomic mass is 10.1. The maximum absolute atomic E-state index is 12.3. The van der Waals surface area contributed by atoms with Gasteiger partial charge in [0.1, 0.15) is 17.2 Å². The smallest absolute Gasteiger partial charge is 0.269 e. The Bertz CT molecular complexity index is 856. The van der Waals surface area contributed by atoms with Gasteiger partial charge in [0.25, 0.3) is 5.91 Å². The first kappa shape index (κ1) is 16.6. The predicted octanol–water partition coefficient (Wildman–Crippen LogP) is 3.02. The van der Waals surface area contributed by atoms with Gasteiger partial charge in [0, 0.05) is 12.1 Å². The van der Waals surface area contributed by atoms with Crippen LogP contribution in [0.3, 0.4) is 0 Å². The predicted molar refractivity (Wildman–Crippen MR) is 94.7 cm³/mol. The molecule has 1 amide bonds. The Kier molecular flexibility index (Phi) is 4.99. The molecule has 128 valence electrons. The summed E-state index contributed by atoms with van der Waals surface area (Å²) in [5, 5.41) is 9.84. The molecule has 0 atom stereocenters. The highest BCUT2D eigenvalue weighted by atomic mass is 16.5. The first-order valence-electron chi connectivity index (χ1n) is 7.80. The van der Waals surface area contributed by atoms with Crippen LogP contribution in [-0.2, 0) is 6.54 Å². The zero-order valence-corrected chi connectivity index (χ0v) is 14.1. The van der Waals surface area contributed by atoms with Gasteiger partial charge in [0.05, 0.1) is 19.9 Å². The lowest BCUT2D eigenvalue weighted by Gasteiger charge is -2.05. The summed E-state index contributed by atoms with van der Waals surface area (Å²) in [6.07, 6.45) is 0. The van der Waals surface area contributed by atoms with Gasteiger partial charge < -0.3 is 14.8 Å². The van der Waals surface area contributed by atoms with Crippen LogP contribution in [0.4, 0.5) is 0 Å². The van der Waals surface area contributed by atoms with Gasteiger partial charge in [-0.25, -0.2) is 0 Å². The molecular formula is C19H19N3O3. The average Bonchev–Trinajstić information content (AvgIpc) is 3.16. The number of hydrogen-bond acceptors (Lipinski definition) is 4. The number of methoxy groups -OCH3 is 2. The quantitative estimate of drug-likeness (QED) is 0.725. The van der Waals surface area contributed by atoms with Crippen molar-refractivity contribution in [1.29, 1.82) is 0 Å². The van der Waals surface area contributed by atoms with Crippen LogP contribution in [0.25, 0.3) is 11.3 Å². The van der Waals surface area contributed by atoms with E-state index in [9.17, 15) is 4.79 Å². The van der Waals surface area contributed by atoms with Crippen molar-refractivity contribution < 1.29 is 14.3 Å². The molecule has 6 nitrogen and oxygen atoms in total. The molecule has 0 fully saturated rings. The van der Waals surface area contributed by atoms with Gasteiger partial charge in [0.2, 0.25) is 0 Å². The summed E-state index contributed by atoms with van der Waals surface area (Å²) in [7, 11) is 3.23. The number of nitrogens with zero attached hydrogens (tertiary/aromatic N) is 1. The van der Waals surface area contributed by atoms with Crippen LogP contribution in [0.1, 0.15) is 16.1 Å². The molecule has 0 saturated heterocycles. The maximum Gasteiger partial charge on any atom is 0.269 e. The van der Waals surface area contributed by atoms with E-state index in [2.05, 4.69) is 15.5 Å². The summed E-state index contributed by atoms with van der Waals surface area (Å²) < 4.78 is 10.3. The molecule has 0 saturated carbocycles. The number of benzene rings is 2. The largest absolute Gasteiger partial charge is 0.497 e. The molecular weight excluding hydrogens is 318 g/mol. The Hall–Kier alpha value is -3.28. The van der Waals surface area contributed by atoms with Gasteiger partial charge in [0.15, 0.2) is 0 Å². The van der Waals surface area contributed by atoms with E-state index in [0.29, 0.717) is 17.9 Å². The zero-order chi connectivity index (χ0) is 17.6. The van der Waals surface area contributed by atoms with E-state index in [0.717, 1.165) is 22.6 Å². The van der Waals surface area contributed by atoms with Crippen molar-refractivity contribution in [2.75, 3.05) is 14.2 Å². The normalized spacial score (nSPS) is 10.3. The molecule has 0 radical (unpaired) electrons. The third-order valence-electron chi connectivity index (χ3n) is 3.80. The standard InChI is InChI=1S/C19H19N3O3/c1-24-15-8-6-14(7-9-15)17-11-18(22-21-17)19(23)20-12-13-4-3-5-16(10-13)25-2/h3-11H,12H2,1-2H3,(H,20,23)(H,21,22). The molecule has 2 N–H and O–H groups in total. The second-order valence-electron chi connectivity index (χ2n) is 5.43. The first-order chi connectivity index (χ1) is 12.2. The third kappa shape index (κ3) is 3.98. The number of H-pyrrole nitrogens is 1. The molecule has 0 aliphatic heterocycles.